The number of hydrogen-bond donors (Lipinski definition) is 2. The quantitative estimate of drug-likeness (QED) is 0.522. The maximum absolute atomic E-state index is 12.7. The molecule has 0 spiro atoms. The van der Waals surface area contributed by atoms with Gasteiger partial charge in [0, 0.05) is 18.5 Å². The Labute approximate surface area is 184 Å². The van der Waals surface area contributed by atoms with Gasteiger partial charge < -0.3 is 0 Å². The summed E-state index contributed by atoms with van der Waals surface area (Å²) < 4.78 is 27.9. The second-order valence-electron chi connectivity index (χ2n) is 7.01. The topological polar surface area (TPSA) is 101 Å². The molecule has 3 rings (SSSR count). The lowest BCUT2D eigenvalue weighted by Gasteiger charge is -2.10. The third kappa shape index (κ3) is 5.85. The zero-order valence-corrected chi connectivity index (χ0v) is 18.8. The van der Waals surface area contributed by atoms with Crippen molar-refractivity contribution in [3.8, 4) is 0 Å². The number of carbonyl (C=O) groups is 1. The van der Waals surface area contributed by atoms with E-state index in [4.69, 9.17) is 11.6 Å². The van der Waals surface area contributed by atoms with Gasteiger partial charge in [0.25, 0.3) is 5.91 Å². The van der Waals surface area contributed by atoms with E-state index in [0.717, 1.165) is 17.0 Å². The van der Waals surface area contributed by atoms with Gasteiger partial charge in [-0.25, -0.2) is 13.1 Å². The number of nitrogens with one attached hydrogen (secondary N) is 2. The first-order valence-corrected chi connectivity index (χ1v) is 11.9. The van der Waals surface area contributed by atoms with Crippen molar-refractivity contribution in [1.29, 1.82) is 0 Å². The molecule has 0 saturated carbocycles. The van der Waals surface area contributed by atoms with Crippen LogP contribution in [0.25, 0.3) is 0 Å². The zero-order valence-electron chi connectivity index (χ0n) is 16.4. The number of sulfonamides is 1. The van der Waals surface area contributed by atoms with Crippen LogP contribution in [0.15, 0.2) is 53.4 Å². The van der Waals surface area contributed by atoms with Crippen LogP contribution in [0.5, 0.6) is 0 Å². The lowest BCUT2D eigenvalue weighted by atomic mass is 10.1. The molecule has 2 N–H and O–H groups in total. The SMILES string of the molecule is CC(C)Cc1nnc(NC(=O)c2ccc(Cl)c(S(=O)(=O)NCc3ccccc3)c2)s1. The van der Waals surface area contributed by atoms with E-state index in [2.05, 4.69) is 34.1 Å². The van der Waals surface area contributed by atoms with Crippen LogP contribution < -0.4 is 10.0 Å². The van der Waals surface area contributed by atoms with Crippen LogP contribution in [0, 0.1) is 5.92 Å². The fourth-order valence-electron chi connectivity index (χ4n) is 2.61. The number of hydrogen-bond acceptors (Lipinski definition) is 6. The summed E-state index contributed by atoms with van der Waals surface area (Å²) in [4.78, 5) is 12.4. The van der Waals surface area contributed by atoms with Crippen molar-refractivity contribution in [3.63, 3.8) is 0 Å². The number of anilines is 1. The second kappa shape index (κ2) is 9.65. The molecule has 158 valence electrons. The summed E-state index contributed by atoms with van der Waals surface area (Å²) in [5, 5.41) is 11.9. The van der Waals surface area contributed by atoms with Crippen LogP contribution in [0.3, 0.4) is 0 Å². The monoisotopic (exact) mass is 464 g/mol. The summed E-state index contributed by atoms with van der Waals surface area (Å²) in [7, 11) is -3.91. The molecule has 7 nitrogen and oxygen atoms in total. The molecule has 30 heavy (non-hydrogen) atoms. The standard InChI is InChI=1S/C20H21ClN4O3S2/c1-13(2)10-18-24-25-20(29-18)23-19(26)15-8-9-16(21)17(11-15)30(27,28)22-12-14-6-4-3-5-7-14/h3-9,11,13,22H,10,12H2,1-2H3,(H,23,25,26). The van der Waals surface area contributed by atoms with Crippen LogP contribution in [0.1, 0.15) is 34.8 Å². The van der Waals surface area contributed by atoms with Crippen molar-refractivity contribution in [2.24, 2.45) is 5.92 Å². The summed E-state index contributed by atoms with van der Waals surface area (Å²) in [6.07, 6.45) is 0.768. The number of amides is 1. The molecule has 0 aliphatic heterocycles. The van der Waals surface area contributed by atoms with Gasteiger partial charge in [0.15, 0.2) is 0 Å². The fraction of sp³-hybridized carbons (Fsp3) is 0.250. The fourth-order valence-corrected chi connectivity index (χ4v) is 5.10. The minimum absolute atomic E-state index is 0.0299. The van der Waals surface area contributed by atoms with Crippen molar-refractivity contribution in [2.45, 2.75) is 31.7 Å². The van der Waals surface area contributed by atoms with Crippen molar-refractivity contribution in [3.05, 3.63) is 69.7 Å². The van der Waals surface area contributed by atoms with Crippen molar-refractivity contribution < 1.29 is 13.2 Å². The number of aromatic nitrogens is 2. The first-order valence-electron chi connectivity index (χ1n) is 9.21. The molecule has 1 aromatic heterocycles. The number of nitrogens with zero attached hydrogens (tertiary/aromatic N) is 2. The summed E-state index contributed by atoms with van der Waals surface area (Å²) >= 11 is 7.40. The molecule has 1 amide bonds. The zero-order chi connectivity index (χ0) is 21.7. The van der Waals surface area contributed by atoms with E-state index in [0.29, 0.717) is 11.0 Å². The normalized spacial score (nSPS) is 11.6. The minimum atomic E-state index is -3.91. The molecule has 3 aromatic rings. The predicted molar refractivity (Wildman–Crippen MR) is 118 cm³/mol. The average Bonchev–Trinajstić information content (AvgIpc) is 3.13. The Morgan fingerprint density at radius 2 is 1.87 bits per heavy atom. The number of halogens is 1. The van der Waals surface area contributed by atoms with Gasteiger partial charge in [0.05, 0.1) is 5.02 Å². The van der Waals surface area contributed by atoms with E-state index in [-0.39, 0.29) is 22.0 Å². The van der Waals surface area contributed by atoms with Gasteiger partial charge in [-0.3, -0.25) is 10.1 Å². The van der Waals surface area contributed by atoms with Gasteiger partial charge in [-0.05, 0) is 29.7 Å². The Kier molecular flexibility index (Phi) is 7.19. The lowest BCUT2D eigenvalue weighted by molar-refractivity contribution is 0.102. The number of carbonyl (C=O) groups excluding carboxylic acids is 1. The number of benzene rings is 2. The van der Waals surface area contributed by atoms with E-state index in [1.165, 1.54) is 29.5 Å². The molecule has 0 atom stereocenters. The van der Waals surface area contributed by atoms with E-state index < -0.39 is 15.9 Å². The van der Waals surface area contributed by atoms with Gasteiger partial charge in [-0.1, -0.05) is 67.1 Å². The molecule has 0 fully saturated rings. The van der Waals surface area contributed by atoms with Crippen LogP contribution in [0.4, 0.5) is 5.13 Å². The Morgan fingerprint density at radius 3 is 2.57 bits per heavy atom. The second-order valence-corrected chi connectivity index (χ2v) is 10.2. The van der Waals surface area contributed by atoms with E-state index in [1.807, 2.05) is 30.3 Å². The Balaban J connectivity index is 1.75. The molecule has 0 saturated heterocycles. The van der Waals surface area contributed by atoms with Gasteiger partial charge in [0.1, 0.15) is 9.90 Å². The molecule has 0 unspecified atom stereocenters. The molecule has 2 aromatic carbocycles. The molecule has 0 aliphatic carbocycles. The third-order valence-corrected chi connectivity index (χ3v) is 6.81. The first kappa shape index (κ1) is 22.4. The maximum Gasteiger partial charge on any atom is 0.257 e. The van der Waals surface area contributed by atoms with Crippen LogP contribution in [-0.2, 0) is 23.0 Å². The highest BCUT2D eigenvalue weighted by molar-refractivity contribution is 7.89. The van der Waals surface area contributed by atoms with E-state index >= 15 is 0 Å². The Morgan fingerprint density at radius 1 is 1.13 bits per heavy atom. The van der Waals surface area contributed by atoms with E-state index in [9.17, 15) is 13.2 Å². The van der Waals surface area contributed by atoms with Crippen molar-refractivity contribution in [1.82, 2.24) is 14.9 Å². The smallest absolute Gasteiger partial charge is 0.257 e. The van der Waals surface area contributed by atoms with Gasteiger partial charge in [0.2, 0.25) is 15.2 Å². The third-order valence-electron chi connectivity index (χ3n) is 4.06. The Hall–Kier alpha value is -2.33. The van der Waals surface area contributed by atoms with Crippen molar-refractivity contribution >= 4 is 44.0 Å². The van der Waals surface area contributed by atoms with Crippen LogP contribution in [-0.4, -0.2) is 24.5 Å². The largest absolute Gasteiger partial charge is 0.296 e. The summed E-state index contributed by atoms with van der Waals surface area (Å²) in [5.41, 5.74) is 0.958. The highest BCUT2D eigenvalue weighted by Crippen LogP contribution is 2.24. The maximum atomic E-state index is 12.7. The van der Waals surface area contributed by atoms with Crippen LogP contribution in [0.2, 0.25) is 5.02 Å². The summed E-state index contributed by atoms with van der Waals surface area (Å²) in [6, 6.07) is 13.2. The molecule has 0 aliphatic rings. The van der Waals surface area contributed by atoms with Crippen molar-refractivity contribution in [2.75, 3.05) is 5.32 Å². The first-order chi connectivity index (χ1) is 14.2. The van der Waals surface area contributed by atoms with Gasteiger partial charge in [-0.15, -0.1) is 10.2 Å². The Bertz CT molecular complexity index is 1130. The minimum Gasteiger partial charge on any atom is -0.296 e. The molecule has 10 heteroatoms. The molecule has 0 bridgehead atoms. The highest BCUT2D eigenvalue weighted by Gasteiger charge is 2.21. The van der Waals surface area contributed by atoms with Crippen LogP contribution >= 0.6 is 22.9 Å². The molecule has 0 radical (unpaired) electrons. The molecule has 1 heterocycles. The molecular weight excluding hydrogens is 444 g/mol. The molecular formula is C20H21ClN4O3S2. The summed E-state index contributed by atoms with van der Waals surface area (Å²) in [6.45, 7) is 4.25. The van der Waals surface area contributed by atoms with Gasteiger partial charge in [-0.2, -0.15) is 0 Å². The van der Waals surface area contributed by atoms with Gasteiger partial charge >= 0.3 is 0 Å². The lowest BCUT2D eigenvalue weighted by Crippen LogP contribution is -2.24. The highest BCUT2D eigenvalue weighted by atomic mass is 35.5. The van der Waals surface area contributed by atoms with E-state index in [1.54, 1.807) is 0 Å². The number of rotatable bonds is 8. The predicted octanol–water partition coefficient (Wildman–Crippen LogP) is 4.12. The average molecular weight is 465 g/mol. The summed E-state index contributed by atoms with van der Waals surface area (Å²) in [5.74, 6) is -0.0626.